The maximum Gasteiger partial charge on any atom is 0.163 e. The predicted molar refractivity (Wildman–Crippen MR) is 116 cm³/mol. The molecule has 4 aliphatic carbocycles. The number of benzene rings is 1. The molecule has 5 rings (SSSR count). The topological polar surface area (TPSA) is 34.1 Å². The summed E-state index contributed by atoms with van der Waals surface area (Å²) in [7, 11) is 0. The number of Topliss-reactive ketones (excluding diaryl/α,β-unsaturated/α-hetero) is 1. The SMILES string of the molecule is C[C@]12CCC(C=O)=CC1=CC[C@H]1[C@@H]3CCC[C@@]3(CC(=O)c3ccc(F)cc3)CC[C@@H]12. The van der Waals surface area contributed by atoms with Crippen LogP contribution in [0.15, 0.2) is 47.6 Å². The fourth-order valence-electron chi connectivity index (χ4n) is 7.60. The molecule has 0 bridgehead atoms. The van der Waals surface area contributed by atoms with Gasteiger partial charge in [-0.1, -0.05) is 25.5 Å². The number of fused-ring (bicyclic) bond motifs is 5. The highest BCUT2D eigenvalue weighted by Crippen LogP contribution is 2.65. The minimum Gasteiger partial charge on any atom is -0.298 e. The summed E-state index contributed by atoms with van der Waals surface area (Å²) >= 11 is 0. The lowest BCUT2D eigenvalue weighted by Gasteiger charge is -2.57. The standard InChI is InChI=1S/C27H31FO2/c1-26-13-10-18(17-29)15-20(26)6-9-22-23(26)11-14-27(12-2-3-24(22)27)16-25(30)19-4-7-21(28)8-5-19/h4-8,15,17,22-24H,2-3,9-14,16H2,1H3/t22-,23+,24+,26+,27+/m1/s1. The van der Waals surface area contributed by atoms with Crippen molar-refractivity contribution in [1.82, 2.24) is 0 Å². The molecule has 0 radical (unpaired) electrons. The van der Waals surface area contributed by atoms with Crippen molar-refractivity contribution in [3.8, 4) is 0 Å². The number of hydrogen-bond donors (Lipinski definition) is 0. The van der Waals surface area contributed by atoms with Crippen LogP contribution in [0.2, 0.25) is 0 Å². The van der Waals surface area contributed by atoms with Crippen LogP contribution in [-0.2, 0) is 4.79 Å². The highest BCUT2D eigenvalue weighted by atomic mass is 19.1. The van der Waals surface area contributed by atoms with Crippen LogP contribution in [-0.4, -0.2) is 12.1 Å². The van der Waals surface area contributed by atoms with Crippen LogP contribution in [0.4, 0.5) is 4.39 Å². The maximum absolute atomic E-state index is 13.3. The van der Waals surface area contributed by atoms with Gasteiger partial charge in [0.2, 0.25) is 0 Å². The zero-order valence-electron chi connectivity index (χ0n) is 17.8. The number of carbonyl (C=O) groups is 2. The minimum absolute atomic E-state index is 0.118. The van der Waals surface area contributed by atoms with E-state index in [9.17, 15) is 14.0 Å². The Bertz CT molecular complexity index is 927. The van der Waals surface area contributed by atoms with E-state index in [-0.39, 0.29) is 22.4 Å². The molecule has 0 aliphatic heterocycles. The number of allylic oxidation sites excluding steroid dienone is 4. The number of ketones is 1. The van der Waals surface area contributed by atoms with E-state index >= 15 is 0 Å². The van der Waals surface area contributed by atoms with Gasteiger partial charge in [-0.3, -0.25) is 9.59 Å². The zero-order valence-corrected chi connectivity index (χ0v) is 17.8. The van der Waals surface area contributed by atoms with E-state index in [2.05, 4.69) is 19.1 Å². The first-order valence-electron chi connectivity index (χ1n) is 11.6. The first-order valence-corrected chi connectivity index (χ1v) is 11.6. The Morgan fingerprint density at radius 3 is 2.70 bits per heavy atom. The highest BCUT2D eigenvalue weighted by molar-refractivity contribution is 5.96. The van der Waals surface area contributed by atoms with Crippen molar-refractivity contribution in [2.24, 2.45) is 28.6 Å². The summed E-state index contributed by atoms with van der Waals surface area (Å²) in [5.74, 6) is 1.78. The Kier molecular flexibility index (Phi) is 4.83. The van der Waals surface area contributed by atoms with E-state index in [0.717, 1.165) is 44.0 Å². The van der Waals surface area contributed by atoms with Crippen molar-refractivity contribution < 1.29 is 14.0 Å². The molecule has 0 N–H and O–H groups in total. The molecule has 1 aromatic carbocycles. The third-order valence-corrected chi connectivity index (χ3v) is 9.16. The Morgan fingerprint density at radius 1 is 1.13 bits per heavy atom. The smallest absolute Gasteiger partial charge is 0.163 e. The van der Waals surface area contributed by atoms with Crippen LogP contribution in [0.1, 0.15) is 75.1 Å². The molecule has 0 aromatic heterocycles. The van der Waals surface area contributed by atoms with Gasteiger partial charge in [-0.05, 0) is 109 Å². The molecule has 0 unspecified atom stereocenters. The van der Waals surface area contributed by atoms with Crippen molar-refractivity contribution in [2.45, 2.75) is 64.7 Å². The fourth-order valence-corrected chi connectivity index (χ4v) is 7.60. The highest BCUT2D eigenvalue weighted by Gasteiger charge is 2.57. The van der Waals surface area contributed by atoms with Gasteiger partial charge in [0.1, 0.15) is 12.1 Å². The van der Waals surface area contributed by atoms with E-state index in [1.165, 1.54) is 37.0 Å². The molecule has 3 heteroatoms. The fraction of sp³-hybridized carbons (Fsp3) is 0.556. The predicted octanol–water partition coefficient (Wildman–Crippen LogP) is 6.47. The molecule has 0 heterocycles. The van der Waals surface area contributed by atoms with Crippen LogP contribution in [0.5, 0.6) is 0 Å². The van der Waals surface area contributed by atoms with Crippen LogP contribution < -0.4 is 0 Å². The van der Waals surface area contributed by atoms with Crippen molar-refractivity contribution in [1.29, 1.82) is 0 Å². The molecule has 2 nitrogen and oxygen atoms in total. The van der Waals surface area contributed by atoms with Gasteiger partial charge in [0.25, 0.3) is 0 Å². The van der Waals surface area contributed by atoms with Gasteiger partial charge in [-0.2, -0.15) is 0 Å². The van der Waals surface area contributed by atoms with Crippen molar-refractivity contribution in [3.63, 3.8) is 0 Å². The summed E-state index contributed by atoms with van der Waals surface area (Å²) in [6.07, 6.45) is 15.1. The Labute approximate surface area is 178 Å². The van der Waals surface area contributed by atoms with E-state index < -0.39 is 0 Å². The number of aldehydes is 1. The molecule has 0 saturated heterocycles. The summed E-state index contributed by atoms with van der Waals surface area (Å²) in [5, 5.41) is 0. The Morgan fingerprint density at radius 2 is 1.93 bits per heavy atom. The number of rotatable bonds is 4. The van der Waals surface area contributed by atoms with Crippen LogP contribution in [0.25, 0.3) is 0 Å². The zero-order chi connectivity index (χ0) is 20.9. The number of hydrogen-bond acceptors (Lipinski definition) is 2. The maximum atomic E-state index is 13.3. The van der Waals surface area contributed by atoms with Gasteiger partial charge in [0.15, 0.2) is 5.78 Å². The molecule has 0 spiro atoms. The van der Waals surface area contributed by atoms with Gasteiger partial charge < -0.3 is 0 Å². The molecular formula is C27H31FO2. The molecule has 158 valence electrons. The second kappa shape index (κ2) is 7.28. The van der Waals surface area contributed by atoms with Crippen LogP contribution in [0, 0.1) is 34.4 Å². The first kappa shape index (κ1) is 19.9. The van der Waals surface area contributed by atoms with Gasteiger partial charge in [0.05, 0.1) is 0 Å². The third-order valence-electron chi connectivity index (χ3n) is 9.16. The molecule has 2 fully saturated rings. The monoisotopic (exact) mass is 406 g/mol. The summed E-state index contributed by atoms with van der Waals surface area (Å²) < 4.78 is 13.3. The largest absolute Gasteiger partial charge is 0.298 e. The average Bonchev–Trinajstić information content (AvgIpc) is 3.17. The summed E-state index contributed by atoms with van der Waals surface area (Å²) in [6, 6.07) is 6.07. The van der Waals surface area contributed by atoms with E-state index in [1.807, 2.05) is 0 Å². The molecule has 5 atom stereocenters. The minimum atomic E-state index is -0.290. The molecule has 1 aromatic rings. The van der Waals surface area contributed by atoms with E-state index in [1.54, 1.807) is 12.1 Å². The average molecular weight is 407 g/mol. The summed E-state index contributed by atoms with van der Waals surface area (Å²) in [6.45, 7) is 2.42. The lowest BCUT2D eigenvalue weighted by molar-refractivity contribution is -0.105. The summed E-state index contributed by atoms with van der Waals surface area (Å²) in [4.78, 5) is 24.4. The summed E-state index contributed by atoms with van der Waals surface area (Å²) in [5.41, 5.74) is 3.26. The van der Waals surface area contributed by atoms with Gasteiger partial charge in [-0.25, -0.2) is 4.39 Å². The third kappa shape index (κ3) is 3.04. The van der Waals surface area contributed by atoms with Gasteiger partial charge in [0, 0.05) is 12.0 Å². The van der Waals surface area contributed by atoms with Crippen LogP contribution in [0.3, 0.4) is 0 Å². The molecule has 2 saturated carbocycles. The number of halogens is 1. The Hall–Kier alpha value is -2.03. The van der Waals surface area contributed by atoms with E-state index in [4.69, 9.17) is 0 Å². The van der Waals surface area contributed by atoms with Crippen LogP contribution >= 0.6 is 0 Å². The normalized spacial score (nSPS) is 37.3. The lowest BCUT2D eigenvalue weighted by Crippen LogP contribution is -2.49. The van der Waals surface area contributed by atoms with Gasteiger partial charge in [-0.15, -0.1) is 0 Å². The first-order chi connectivity index (χ1) is 14.4. The molecular weight excluding hydrogens is 375 g/mol. The number of carbonyl (C=O) groups excluding carboxylic acids is 2. The second-order valence-corrected chi connectivity index (χ2v) is 10.4. The van der Waals surface area contributed by atoms with Gasteiger partial charge >= 0.3 is 0 Å². The van der Waals surface area contributed by atoms with Crippen molar-refractivity contribution in [2.75, 3.05) is 0 Å². The second-order valence-electron chi connectivity index (χ2n) is 10.4. The quantitative estimate of drug-likeness (QED) is 0.424. The molecule has 4 aliphatic rings. The Balaban J connectivity index is 1.42. The van der Waals surface area contributed by atoms with E-state index in [0.29, 0.717) is 29.7 Å². The molecule has 0 amide bonds. The van der Waals surface area contributed by atoms with Crippen molar-refractivity contribution >= 4 is 12.1 Å². The lowest BCUT2D eigenvalue weighted by atomic mass is 9.48. The van der Waals surface area contributed by atoms with Crippen molar-refractivity contribution in [3.05, 3.63) is 58.9 Å². The molecule has 30 heavy (non-hydrogen) atoms.